The lowest BCUT2D eigenvalue weighted by Crippen LogP contribution is -2.55. The van der Waals surface area contributed by atoms with Crippen molar-refractivity contribution in [1.29, 1.82) is 5.26 Å². The van der Waals surface area contributed by atoms with Crippen molar-refractivity contribution in [2.75, 3.05) is 5.75 Å². The highest BCUT2D eigenvalue weighted by Crippen LogP contribution is 2.52. The summed E-state index contributed by atoms with van der Waals surface area (Å²) in [5.74, 6) is -3.85. The molecule has 0 saturated carbocycles. The predicted octanol–water partition coefficient (Wildman–Crippen LogP) is 4.99. The average Bonchev–Trinajstić information content (AvgIpc) is 2.23. The lowest BCUT2D eigenvalue weighted by molar-refractivity contribution is -0.352. The highest BCUT2D eigenvalue weighted by Gasteiger charge is 2.73. The summed E-state index contributed by atoms with van der Waals surface area (Å²) in [6.07, 6.45) is -22.6. The third-order valence-corrected chi connectivity index (χ3v) is 3.09. The van der Waals surface area contributed by atoms with E-state index >= 15 is 0 Å². The molecule has 0 fully saturated rings. The van der Waals surface area contributed by atoms with Gasteiger partial charge in [0, 0.05) is 12.2 Å². The zero-order valence-corrected chi connectivity index (χ0v) is 10.7. The zero-order chi connectivity index (χ0) is 17.1. The van der Waals surface area contributed by atoms with Gasteiger partial charge in [0.05, 0.1) is 5.92 Å². The van der Waals surface area contributed by atoms with Gasteiger partial charge in [0.1, 0.15) is 5.40 Å². The minimum absolute atomic E-state index is 0.214. The van der Waals surface area contributed by atoms with E-state index in [0.29, 0.717) is 0 Å². The van der Waals surface area contributed by atoms with Crippen molar-refractivity contribution in [2.24, 2.45) is 5.92 Å². The number of rotatable bonds is 5. The van der Waals surface area contributed by atoms with Crippen molar-refractivity contribution < 1.29 is 43.9 Å². The van der Waals surface area contributed by atoms with Gasteiger partial charge in [-0.25, -0.2) is 4.39 Å². The number of hydrogen-bond acceptors (Lipinski definition) is 2. The number of halogens is 10. The summed E-state index contributed by atoms with van der Waals surface area (Å²) in [6.45, 7) is 0. The number of nitriles is 1. The number of thioether (sulfide) groups is 1. The Morgan fingerprint density at radius 2 is 1.29 bits per heavy atom. The number of alkyl halides is 10. The Balaban J connectivity index is 5.40. The number of thiocyanates is 1. The molecule has 21 heavy (non-hydrogen) atoms. The van der Waals surface area contributed by atoms with Crippen LogP contribution in [0.15, 0.2) is 0 Å². The van der Waals surface area contributed by atoms with Crippen LogP contribution in [0.4, 0.5) is 43.9 Å². The van der Waals surface area contributed by atoms with Crippen LogP contribution in [0, 0.1) is 16.6 Å². The van der Waals surface area contributed by atoms with Gasteiger partial charge in [0.25, 0.3) is 5.67 Å². The third kappa shape index (κ3) is 5.12. The van der Waals surface area contributed by atoms with Crippen LogP contribution in [-0.2, 0) is 0 Å². The second-order valence-corrected chi connectivity index (χ2v) is 4.85. The van der Waals surface area contributed by atoms with Crippen molar-refractivity contribution in [2.45, 2.75) is 37.0 Å². The molecule has 124 valence electrons. The molecule has 1 nitrogen and oxygen atoms in total. The summed E-state index contributed by atoms with van der Waals surface area (Å²) in [5, 5.41) is 9.38. The summed E-state index contributed by atoms with van der Waals surface area (Å²) in [4.78, 5) is 0. The SMILES string of the molecule is N#CSCCC(CC(F)(C(F)(F)F)C(F)(F)F)C(F)(F)F. The van der Waals surface area contributed by atoms with E-state index < -0.39 is 48.7 Å². The molecule has 0 aliphatic carbocycles. The van der Waals surface area contributed by atoms with Crippen LogP contribution in [0.5, 0.6) is 0 Å². The topological polar surface area (TPSA) is 23.8 Å². The molecule has 0 aromatic rings. The standard InChI is InChI=1S/C9H7F10NS/c10-6(8(14,15)16,9(17,18)19)3-5(7(11,12)13)1-2-21-4-20/h5H,1-3H2. The van der Waals surface area contributed by atoms with Crippen LogP contribution in [0.3, 0.4) is 0 Å². The fourth-order valence-corrected chi connectivity index (χ4v) is 1.85. The minimum Gasteiger partial charge on any atom is -0.224 e. The molecule has 0 saturated heterocycles. The molecule has 1 atom stereocenters. The molecule has 0 aromatic heterocycles. The van der Waals surface area contributed by atoms with E-state index in [1.807, 2.05) is 0 Å². The monoisotopic (exact) mass is 351 g/mol. The van der Waals surface area contributed by atoms with Crippen molar-refractivity contribution in [1.82, 2.24) is 0 Å². The summed E-state index contributed by atoms with van der Waals surface area (Å²) in [6, 6.07) is 0. The van der Waals surface area contributed by atoms with E-state index in [-0.39, 0.29) is 11.8 Å². The maximum absolute atomic E-state index is 13.3. The minimum atomic E-state index is -6.53. The first-order valence-electron chi connectivity index (χ1n) is 5.06. The summed E-state index contributed by atoms with van der Waals surface area (Å²) < 4.78 is 124. The molecule has 0 aliphatic rings. The van der Waals surface area contributed by atoms with Crippen LogP contribution < -0.4 is 0 Å². The summed E-state index contributed by atoms with van der Waals surface area (Å²) in [5.41, 5.74) is -5.96. The highest BCUT2D eigenvalue weighted by molar-refractivity contribution is 8.03. The molecule has 0 spiro atoms. The van der Waals surface area contributed by atoms with E-state index in [0.717, 1.165) is 0 Å². The molecule has 0 bridgehead atoms. The van der Waals surface area contributed by atoms with Crippen LogP contribution in [-0.4, -0.2) is 30.0 Å². The second-order valence-electron chi connectivity index (χ2n) is 3.97. The van der Waals surface area contributed by atoms with E-state index in [4.69, 9.17) is 5.26 Å². The third-order valence-electron chi connectivity index (χ3n) is 2.52. The molecular formula is C9H7F10NS. The van der Waals surface area contributed by atoms with Gasteiger partial charge in [-0.15, -0.1) is 0 Å². The Labute approximate surface area is 116 Å². The van der Waals surface area contributed by atoms with E-state index in [2.05, 4.69) is 0 Å². The van der Waals surface area contributed by atoms with E-state index in [1.54, 1.807) is 0 Å². The van der Waals surface area contributed by atoms with Gasteiger partial charge >= 0.3 is 18.5 Å². The quantitative estimate of drug-likeness (QED) is 0.396. The Hall–Kier alpha value is -0.860. The van der Waals surface area contributed by atoms with Gasteiger partial charge in [-0.2, -0.15) is 44.8 Å². The Morgan fingerprint density at radius 1 is 0.857 bits per heavy atom. The summed E-state index contributed by atoms with van der Waals surface area (Å²) >= 11 is 0.214. The lowest BCUT2D eigenvalue weighted by Gasteiger charge is -2.33. The molecule has 1 unspecified atom stereocenters. The first kappa shape index (κ1) is 20.1. The zero-order valence-electron chi connectivity index (χ0n) is 9.83. The van der Waals surface area contributed by atoms with Gasteiger partial charge in [0.2, 0.25) is 0 Å². The van der Waals surface area contributed by atoms with Gasteiger partial charge in [-0.3, -0.25) is 0 Å². The summed E-state index contributed by atoms with van der Waals surface area (Å²) in [7, 11) is 0. The number of hydrogen-bond donors (Lipinski definition) is 0. The maximum atomic E-state index is 13.3. The van der Waals surface area contributed by atoms with Crippen LogP contribution >= 0.6 is 11.8 Å². The molecule has 0 aliphatic heterocycles. The Morgan fingerprint density at radius 3 is 1.57 bits per heavy atom. The molecule has 0 heterocycles. The molecule has 0 N–H and O–H groups in total. The molecule has 12 heteroatoms. The fourth-order valence-electron chi connectivity index (χ4n) is 1.36. The van der Waals surface area contributed by atoms with Crippen molar-refractivity contribution >= 4 is 11.8 Å². The second kappa shape index (κ2) is 6.50. The predicted molar refractivity (Wildman–Crippen MR) is 52.8 cm³/mol. The van der Waals surface area contributed by atoms with Crippen LogP contribution in [0.1, 0.15) is 12.8 Å². The largest absolute Gasteiger partial charge is 0.431 e. The van der Waals surface area contributed by atoms with Gasteiger partial charge in [0.15, 0.2) is 0 Å². The molecule has 0 amide bonds. The first-order chi connectivity index (χ1) is 9.17. The molecular weight excluding hydrogens is 344 g/mol. The van der Waals surface area contributed by atoms with Gasteiger partial charge in [-0.1, -0.05) is 0 Å². The normalized spacial score (nSPS) is 15.7. The van der Waals surface area contributed by atoms with E-state index in [1.165, 1.54) is 5.40 Å². The molecule has 0 radical (unpaired) electrons. The smallest absolute Gasteiger partial charge is 0.224 e. The first-order valence-corrected chi connectivity index (χ1v) is 6.05. The fraction of sp³-hybridized carbons (Fsp3) is 0.889. The maximum Gasteiger partial charge on any atom is 0.431 e. The van der Waals surface area contributed by atoms with Crippen molar-refractivity contribution in [3.05, 3.63) is 0 Å². The van der Waals surface area contributed by atoms with Gasteiger partial charge < -0.3 is 0 Å². The Bertz CT molecular complexity index is 362. The molecule has 0 aromatic carbocycles. The Kier molecular flexibility index (Phi) is 6.23. The van der Waals surface area contributed by atoms with Crippen LogP contribution in [0.2, 0.25) is 0 Å². The highest BCUT2D eigenvalue weighted by atomic mass is 32.2. The van der Waals surface area contributed by atoms with Gasteiger partial charge in [-0.05, 0) is 18.2 Å². The molecule has 0 rings (SSSR count). The van der Waals surface area contributed by atoms with Crippen LogP contribution in [0.25, 0.3) is 0 Å². The average molecular weight is 351 g/mol. The number of nitrogens with zero attached hydrogens (tertiary/aromatic N) is 1. The van der Waals surface area contributed by atoms with Crippen molar-refractivity contribution in [3.8, 4) is 5.40 Å². The van der Waals surface area contributed by atoms with E-state index in [9.17, 15) is 43.9 Å². The lowest BCUT2D eigenvalue weighted by atomic mass is 9.88. The van der Waals surface area contributed by atoms with Crippen molar-refractivity contribution in [3.63, 3.8) is 0 Å².